The largest absolute Gasteiger partial charge is 0.497 e. The van der Waals surface area contributed by atoms with E-state index in [1.807, 2.05) is 4.90 Å². The van der Waals surface area contributed by atoms with Gasteiger partial charge in [-0.2, -0.15) is 0 Å². The molecule has 1 amide bonds. The maximum Gasteiger partial charge on any atom is 0.269 e. The Morgan fingerprint density at radius 3 is 2.76 bits per heavy atom. The zero-order valence-corrected chi connectivity index (χ0v) is 18.0. The van der Waals surface area contributed by atoms with Crippen LogP contribution in [0.25, 0.3) is 0 Å². The van der Waals surface area contributed by atoms with E-state index in [0.717, 1.165) is 0 Å². The molecule has 168 valence electrons. The average Bonchev–Trinajstić information content (AvgIpc) is 3.52. The second-order valence-corrected chi connectivity index (χ2v) is 8.29. The molecule has 2 aromatic carbocycles. The lowest BCUT2D eigenvalue weighted by Crippen LogP contribution is -2.51. The third-order valence-corrected chi connectivity index (χ3v) is 6.71. The van der Waals surface area contributed by atoms with Crippen molar-refractivity contribution >= 4 is 23.1 Å². The minimum atomic E-state index is -1.33. The Kier molecular flexibility index (Phi) is 4.79. The van der Waals surface area contributed by atoms with E-state index < -0.39 is 22.3 Å². The van der Waals surface area contributed by atoms with Crippen molar-refractivity contribution in [1.29, 1.82) is 0 Å². The molecule has 0 saturated carbocycles. The number of anilines is 1. The van der Waals surface area contributed by atoms with Gasteiger partial charge in [-0.1, -0.05) is 12.1 Å². The molecule has 33 heavy (non-hydrogen) atoms. The van der Waals surface area contributed by atoms with Crippen LogP contribution >= 0.6 is 0 Å². The third-order valence-electron chi connectivity index (χ3n) is 6.71. The predicted molar refractivity (Wildman–Crippen MR) is 118 cm³/mol. The van der Waals surface area contributed by atoms with Crippen molar-refractivity contribution in [3.8, 4) is 5.75 Å². The number of hydrogen-bond donors (Lipinski definition) is 1. The van der Waals surface area contributed by atoms with E-state index in [2.05, 4.69) is 5.32 Å². The van der Waals surface area contributed by atoms with Gasteiger partial charge in [0, 0.05) is 35.8 Å². The van der Waals surface area contributed by atoms with E-state index in [4.69, 9.17) is 9.15 Å². The molecule has 3 atom stereocenters. The van der Waals surface area contributed by atoms with Crippen molar-refractivity contribution in [3.63, 3.8) is 0 Å². The second kappa shape index (κ2) is 7.56. The molecule has 9 heteroatoms. The molecule has 9 nitrogen and oxygen atoms in total. The number of benzene rings is 2. The monoisotopic (exact) mass is 447 g/mol. The van der Waals surface area contributed by atoms with Gasteiger partial charge in [0.25, 0.3) is 5.69 Å². The van der Waals surface area contributed by atoms with Gasteiger partial charge < -0.3 is 14.5 Å². The molecule has 0 unspecified atom stereocenters. The fraction of sp³-hybridized carbons (Fsp3) is 0.250. The third kappa shape index (κ3) is 2.96. The summed E-state index contributed by atoms with van der Waals surface area (Å²) in [7, 11) is 3.32. The van der Waals surface area contributed by atoms with Gasteiger partial charge in [0.2, 0.25) is 11.7 Å². The fourth-order valence-electron chi connectivity index (χ4n) is 5.29. The van der Waals surface area contributed by atoms with Crippen molar-refractivity contribution in [2.45, 2.75) is 11.5 Å². The van der Waals surface area contributed by atoms with Gasteiger partial charge in [-0.25, -0.2) is 0 Å². The first-order valence-electron chi connectivity index (χ1n) is 10.4. The van der Waals surface area contributed by atoms with E-state index in [9.17, 15) is 19.7 Å². The van der Waals surface area contributed by atoms with Crippen LogP contribution in [0.4, 0.5) is 11.4 Å². The van der Waals surface area contributed by atoms with Crippen LogP contribution in [0.1, 0.15) is 27.6 Å². The first kappa shape index (κ1) is 20.9. The molecule has 5 rings (SSSR count). The number of likely N-dealkylation sites (tertiary alicyclic amines) is 1. The highest BCUT2D eigenvalue weighted by molar-refractivity contribution is 6.11. The highest BCUT2D eigenvalue weighted by atomic mass is 16.6. The SMILES string of the molecule is COc1ccc2c(c1)[C@]1(C(=O)N2)[C@H](C(=O)c2ccco2)[C@@H](c2cccc([N+](=O)[O-])c2)CN1C. The topological polar surface area (TPSA) is 115 Å². The van der Waals surface area contributed by atoms with Gasteiger partial charge in [0.15, 0.2) is 5.76 Å². The molecule has 0 radical (unpaired) electrons. The molecule has 0 aliphatic carbocycles. The number of ether oxygens (including phenoxy) is 1. The Labute approximate surface area is 189 Å². The standard InChI is InChI=1S/C24H21N3O6/c1-26-13-17(14-5-3-6-15(11-14)27(30)31)21(22(28)20-7-4-10-33-20)24(26)18-12-16(32-2)8-9-19(18)25-23(24)29/h3-12,17,21H,13H2,1-2H3,(H,25,29)/t17-,21+,24-/m1/s1. The summed E-state index contributed by atoms with van der Waals surface area (Å²) < 4.78 is 10.8. The number of furan rings is 1. The number of non-ortho nitro benzene ring substituents is 1. The van der Waals surface area contributed by atoms with Gasteiger partial charge in [-0.05, 0) is 42.9 Å². The quantitative estimate of drug-likeness (QED) is 0.361. The molecule has 2 aliphatic rings. The molecule has 2 aliphatic heterocycles. The Balaban J connectivity index is 1.74. The van der Waals surface area contributed by atoms with Crippen LogP contribution in [0.5, 0.6) is 5.75 Å². The summed E-state index contributed by atoms with van der Waals surface area (Å²) in [5.41, 5.74) is 0.445. The zero-order valence-electron chi connectivity index (χ0n) is 18.0. The number of nitrogens with one attached hydrogen (secondary N) is 1. The number of ketones is 1. The highest BCUT2D eigenvalue weighted by Gasteiger charge is 2.64. The number of amides is 1. The van der Waals surface area contributed by atoms with E-state index >= 15 is 0 Å². The Morgan fingerprint density at radius 1 is 1.24 bits per heavy atom. The van der Waals surface area contributed by atoms with Crippen molar-refractivity contribution < 1.29 is 23.7 Å². The number of Topliss-reactive ketones (excluding diaryl/α,β-unsaturated/α-hetero) is 1. The molecular weight excluding hydrogens is 426 g/mol. The number of nitro groups is 1. The average molecular weight is 447 g/mol. The number of carbonyl (C=O) groups excluding carboxylic acids is 2. The number of likely N-dealkylation sites (N-methyl/N-ethyl adjacent to an activating group) is 1. The maximum absolute atomic E-state index is 13.9. The van der Waals surface area contributed by atoms with Crippen molar-refractivity contribution in [2.75, 3.05) is 26.0 Å². The molecule has 1 N–H and O–H groups in total. The van der Waals surface area contributed by atoms with Crippen molar-refractivity contribution in [1.82, 2.24) is 4.90 Å². The molecule has 3 heterocycles. The first-order chi connectivity index (χ1) is 15.9. The van der Waals surface area contributed by atoms with Gasteiger partial charge in [0.05, 0.1) is 24.2 Å². The van der Waals surface area contributed by atoms with E-state index in [1.165, 1.54) is 25.5 Å². The number of fused-ring (bicyclic) bond motifs is 2. The lowest BCUT2D eigenvalue weighted by molar-refractivity contribution is -0.384. The van der Waals surface area contributed by atoms with E-state index in [1.54, 1.807) is 49.5 Å². The Hall–Kier alpha value is -3.98. The predicted octanol–water partition coefficient (Wildman–Crippen LogP) is 3.57. The Bertz CT molecular complexity index is 1270. The summed E-state index contributed by atoms with van der Waals surface area (Å²) in [6.45, 7) is 0.336. The number of hydrogen-bond acceptors (Lipinski definition) is 7. The minimum Gasteiger partial charge on any atom is -0.497 e. The van der Waals surface area contributed by atoms with Gasteiger partial charge in [-0.3, -0.25) is 24.6 Å². The van der Waals surface area contributed by atoms with Gasteiger partial charge in [-0.15, -0.1) is 0 Å². The number of methoxy groups -OCH3 is 1. The second-order valence-electron chi connectivity index (χ2n) is 8.29. The van der Waals surface area contributed by atoms with Crippen molar-refractivity contribution in [2.24, 2.45) is 5.92 Å². The molecule has 1 spiro atoms. The summed E-state index contributed by atoms with van der Waals surface area (Å²) in [5.74, 6) is -1.35. The van der Waals surface area contributed by atoms with E-state index in [-0.39, 0.29) is 23.1 Å². The number of nitro benzene ring substituents is 1. The van der Waals surface area contributed by atoms with Crippen LogP contribution in [-0.2, 0) is 10.3 Å². The summed E-state index contributed by atoms with van der Waals surface area (Å²) in [6.07, 6.45) is 1.41. The molecule has 0 bridgehead atoms. The normalized spacial score (nSPS) is 24.0. The zero-order chi connectivity index (χ0) is 23.3. The number of carbonyl (C=O) groups is 2. The first-order valence-corrected chi connectivity index (χ1v) is 10.4. The highest BCUT2D eigenvalue weighted by Crippen LogP contribution is 2.56. The molecule has 1 fully saturated rings. The summed E-state index contributed by atoms with van der Waals surface area (Å²) >= 11 is 0. The summed E-state index contributed by atoms with van der Waals surface area (Å²) in [5, 5.41) is 14.3. The smallest absolute Gasteiger partial charge is 0.269 e. The Morgan fingerprint density at radius 2 is 2.06 bits per heavy atom. The van der Waals surface area contributed by atoms with Crippen LogP contribution in [0, 0.1) is 16.0 Å². The summed E-state index contributed by atoms with van der Waals surface area (Å²) in [6, 6.07) is 14.7. The van der Waals surface area contributed by atoms with Gasteiger partial charge in [0.1, 0.15) is 11.3 Å². The van der Waals surface area contributed by atoms with Crippen LogP contribution in [0.15, 0.2) is 65.3 Å². The maximum atomic E-state index is 13.9. The summed E-state index contributed by atoms with van der Waals surface area (Å²) in [4.78, 5) is 40.3. The van der Waals surface area contributed by atoms with Gasteiger partial charge >= 0.3 is 0 Å². The van der Waals surface area contributed by atoms with Crippen molar-refractivity contribution in [3.05, 3.63) is 87.9 Å². The number of rotatable bonds is 5. The number of nitrogens with zero attached hydrogens (tertiary/aromatic N) is 2. The molecule has 1 aromatic heterocycles. The molecule has 3 aromatic rings. The van der Waals surface area contributed by atoms with Crippen LogP contribution in [0.3, 0.4) is 0 Å². The lowest BCUT2D eigenvalue weighted by Gasteiger charge is -2.35. The molecular formula is C24H21N3O6. The minimum absolute atomic E-state index is 0.0711. The fourth-order valence-corrected chi connectivity index (χ4v) is 5.29. The van der Waals surface area contributed by atoms with Crippen LogP contribution < -0.4 is 10.1 Å². The molecule has 1 saturated heterocycles. The van der Waals surface area contributed by atoms with Crippen LogP contribution in [0.2, 0.25) is 0 Å². The van der Waals surface area contributed by atoms with Crippen LogP contribution in [-0.4, -0.2) is 42.2 Å². The van der Waals surface area contributed by atoms with E-state index in [0.29, 0.717) is 29.1 Å². The lowest BCUT2D eigenvalue weighted by atomic mass is 9.71.